The number of nitrogens with one attached hydrogen (secondary N) is 1. The molecule has 2 atom stereocenters. The van der Waals surface area contributed by atoms with Gasteiger partial charge in [-0.3, -0.25) is 0 Å². The van der Waals surface area contributed by atoms with Crippen LogP contribution in [-0.2, 0) is 6.42 Å². The lowest BCUT2D eigenvalue weighted by atomic mass is 10.0. The highest BCUT2D eigenvalue weighted by atomic mass is 35.5. The molecule has 1 aliphatic carbocycles. The highest BCUT2D eigenvalue weighted by molar-refractivity contribution is 6.42. The van der Waals surface area contributed by atoms with Crippen LogP contribution in [0.2, 0.25) is 15.1 Å². The zero-order valence-corrected chi connectivity index (χ0v) is 13.9. The van der Waals surface area contributed by atoms with Crippen molar-refractivity contribution in [1.82, 2.24) is 5.32 Å². The van der Waals surface area contributed by atoms with Gasteiger partial charge in [0.1, 0.15) is 0 Å². The van der Waals surface area contributed by atoms with E-state index in [1.165, 1.54) is 11.1 Å². The number of aryl methyl sites for hydroxylation is 1. The molecule has 2 aromatic rings. The molecule has 1 N–H and O–H groups in total. The van der Waals surface area contributed by atoms with Crippen LogP contribution in [-0.4, -0.2) is 0 Å². The molecule has 2 unspecified atom stereocenters. The lowest BCUT2D eigenvalue weighted by molar-refractivity contribution is 0.465. The van der Waals surface area contributed by atoms with E-state index in [1.807, 2.05) is 24.3 Å². The van der Waals surface area contributed by atoms with Gasteiger partial charge in [0.05, 0.1) is 10.0 Å². The Balaban J connectivity index is 1.77. The third-order valence-electron chi connectivity index (χ3n) is 4.08. The van der Waals surface area contributed by atoms with Gasteiger partial charge in [-0.25, -0.2) is 0 Å². The molecular weight excluding hydrogens is 325 g/mol. The Kier molecular flexibility index (Phi) is 4.46. The van der Waals surface area contributed by atoms with Crippen molar-refractivity contribution >= 4 is 34.8 Å². The summed E-state index contributed by atoms with van der Waals surface area (Å²) in [6, 6.07) is 12.5. The second kappa shape index (κ2) is 6.18. The fourth-order valence-electron chi connectivity index (χ4n) is 2.94. The SMILES string of the molecule is CC(NC1CCc2cc(Cl)ccc21)c1ccc(Cl)c(Cl)c1. The summed E-state index contributed by atoms with van der Waals surface area (Å²) in [7, 11) is 0. The summed E-state index contributed by atoms with van der Waals surface area (Å²) < 4.78 is 0. The molecule has 0 aliphatic heterocycles. The first-order valence-corrected chi connectivity index (χ1v) is 8.17. The second-order valence-electron chi connectivity index (χ2n) is 5.50. The van der Waals surface area contributed by atoms with E-state index in [0.29, 0.717) is 16.1 Å². The average molecular weight is 341 g/mol. The van der Waals surface area contributed by atoms with Crippen LogP contribution in [0.3, 0.4) is 0 Å². The predicted octanol–water partition coefficient (Wildman–Crippen LogP) is 5.98. The first kappa shape index (κ1) is 15.2. The minimum atomic E-state index is 0.214. The molecule has 0 amide bonds. The fourth-order valence-corrected chi connectivity index (χ4v) is 3.44. The highest BCUT2D eigenvalue weighted by Crippen LogP contribution is 2.35. The molecule has 0 aromatic heterocycles. The summed E-state index contributed by atoms with van der Waals surface area (Å²) in [6.45, 7) is 2.15. The third kappa shape index (κ3) is 3.22. The summed E-state index contributed by atoms with van der Waals surface area (Å²) in [4.78, 5) is 0. The zero-order chi connectivity index (χ0) is 15.0. The van der Waals surface area contributed by atoms with E-state index in [2.05, 4.69) is 24.4 Å². The van der Waals surface area contributed by atoms with Crippen LogP contribution >= 0.6 is 34.8 Å². The van der Waals surface area contributed by atoms with Gasteiger partial charge in [-0.05, 0) is 60.7 Å². The lowest BCUT2D eigenvalue weighted by Crippen LogP contribution is -2.23. The lowest BCUT2D eigenvalue weighted by Gasteiger charge is -2.21. The molecule has 110 valence electrons. The quantitative estimate of drug-likeness (QED) is 0.724. The normalized spacial score (nSPS) is 18.6. The van der Waals surface area contributed by atoms with Crippen LogP contribution in [0.1, 0.15) is 42.1 Å². The van der Waals surface area contributed by atoms with Gasteiger partial charge in [-0.1, -0.05) is 46.9 Å². The molecule has 1 nitrogen and oxygen atoms in total. The smallest absolute Gasteiger partial charge is 0.0595 e. The van der Waals surface area contributed by atoms with E-state index in [9.17, 15) is 0 Å². The maximum atomic E-state index is 6.10. The molecular formula is C17H16Cl3N. The van der Waals surface area contributed by atoms with E-state index in [-0.39, 0.29) is 6.04 Å². The zero-order valence-electron chi connectivity index (χ0n) is 11.7. The van der Waals surface area contributed by atoms with Crippen molar-refractivity contribution in [2.24, 2.45) is 0 Å². The molecule has 0 saturated heterocycles. The predicted molar refractivity (Wildman–Crippen MR) is 90.5 cm³/mol. The van der Waals surface area contributed by atoms with Gasteiger partial charge in [-0.15, -0.1) is 0 Å². The molecule has 21 heavy (non-hydrogen) atoms. The van der Waals surface area contributed by atoms with Gasteiger partial charge < -0.3 is 5.32 Å². The van der Waals surface area contributed by atoms with Crippen molar-refractivity contribution in [2.75, 3.05) is 0 Å². The number of rotatable bonds is 3. The molecule has 0 heterocycles. The first-order chi connectivity index (χ1) is 10.0. The fraction of sp³-hybridized carbons (Fsp3) is 0.294. The van der Waals surface area contributed by atoms with Crippen molar-refractivity contribution in [3.63, 3.8) is 0 Å². The minimum Gasteiger partial charge on any atom is -0.303 e. The number of hydrogen-bond acceptors (Lipinski definition) is 1. The summed E-state index contributed by atoms with van der Waals surface area (Å²) in [6.07, 6.45) is 2.17. The summed E-state index contributed by atoms with van der Waals surface area (Å²) in [5.41, 5.74) is 3.85. The van der Waals surface area contributed by atoms with E-state index in [1.54, 1.807) is 0 Å². The van der Waals surface area contributed by atoms with E-state index in [4.69, 9.17) is 34.8 Å². The molecule has 1 aliphatic rings. The molecule has 0 radical (unpaired) electrons. The number of fused-ring (bicyclic) bond motifs is 1. The summed E-state index contributed by atoms with van der Waals surface area (Å²) in [5, 5.41) is 5.67. The molecule has 4 heteroatoms. The molecule has 0 fully saturated rings. The van der Waals surface area contributed by atoms with E-state index in [0.717, 1.165) is 23.4 Å². The van der Waals surface area contributed by atoms with Crippen molar-refractivity contribution in [3.8, 4) is 0 Å². The third-order valence-corrected chi connectivity index (χ3v) is 5.05. The van der Waals surface area contributed by atoms with Crippen LogP contribution in [0, 0.1) is 0 Å². The Morgan fingerprint density at radius 2 is 1.86 bits per heavy atom. The maximum absolute atomic E-state index is 6.10. The monoisotopic (exact) mass is 339 g/mol. The second-order valence-corrected chi connectivity index (χ2v) is 6.75. The highest BCUT2D eigenvalue weighted by Gasteiger charge is 2.24. The van der Waals surface area contributed by atoms with Gasteiger partial charge in [-0.2, -0.15) is 0 Å². The summed E-state index contributed by atoms with van der Waals surface area (Å²) >= 11 is 18.1. The molecule has 0 saturated carbocycles. The van der Waals surface area contributed by atoms with Crippen LogP contribution in [0.4, 0.5) is 0 Å². The van der Waals surface area contributed by atoms with Crippen LogP contribution in [0.15, 0.2) is 36.4 Å². The Morgan fingerprint density at radius 3 is 2.62 bits per heavy atom. The van der Waals surface area contributed by atoms with Gasteiger partial charge in [0.25, 0.3) is 0 Å². The largest absolute Gasteiger partial charge is 0.303 e. The van der Waals surface area contributed by atoms with Crippen molar-refractivity contribution < 1.29 is 0 Å². The Labute approximate surface area is 140 Å². The van der Waals surface area contributed by atoms with Crippen LogP contribution < -0.4 is 5.32 Å². The summed E-state index contributed by atoms with van der Waals surface area (Å²) in [5.74, 6) is 0. The van der Waals surface area contributed by atoms with Crippen molar-refractivity contribution in [1.29, 1.82) is 0 Å². The van der Waals surface area contributed by atoms with E-state index >= 15 is 0 Å². The van der Waals surface area contributed by atoms with Gasteiger partial charge >= 0.3 is 0 Å². The average Bonchev–Trinajstić information content (AvgIpc) is 2.84. The van der Waals surface area contributed by atoms with Crippen LogP contribution in [0.25, 0.3) is 0 Å². The van der Waals surface area contributed by atoms with Gasteiger partial charge in [0.2, 0.25) is 0 Å². The molecule has 2 aromatic carbocycles. The Hall–Kier alpha value is -0.730. The number of benzene rings is 2. The molecule has 0 spiro atoms. The minimum absolute atomic E-state index is 0.214. The first-order valence-electron chi connectivity index (χ1n) is 7.04. The standard InChI is InChI=1S/C17H16Cl3N/c1-10(11-2-6-15(19)16(20)9-11)21-17-7-3-12-8-13(18)4-5-14(12)17/h2,4-6,8-10,17,21H,3,7H2,1H3. The Morgan fingerprint density at radius 1 is 1.05 bits per heavy atom. The maximum Gasteiger partial charge on any atom is 0.0595 e. The Bertz CT molecular complexity index is 669. The van der Waals surface area contributed by atoms with Crippen molar-refractivity contribution in [2.45, 2.75) is 31.8 Å². The van der Waals surface area contributed by atoms with Crippen molar-refractivity contribution in [3.05, 3.63) is 68.2 Å². The topological polar surface area (TPSA) is 12.0 Å². The number of hydrogen-bond donors (Lipinski definition) is 1. The number of halogens is 3. The van der Waals surface area contributed by atoms with Gasteiger partial charge in [0, 0.05) is 17.1 Å². The molecule has 3 rings (SSSR count). The van der Waals surface area contributed by atoms with Gasteiger partial charge in [0.15, 0.2) is 0 Å². The molecule has 0 bridgehead atoms. The van der Waals surface area contributed by atoms with E-state index < -0.39 is 0 Å². The van der Waals surface area contributed by atoms with Crippen LogP contribution in [0.5, 0.6) is 0 Å².